The number of ether oxygens (including phenoxy) is 2. The lowest BCUT2D eigenvalue weighted by Crippen LogP contribution is -2.15. The number of hydrogen-bond acceptors (Lipinski definition) is 7. The minimum atomic E-state index is -3.80. The first-order chi connectivity index (χ1) is 11.5. The molecule has 1 fully saturated rings. The van der Waals surface area contributed by atoms with Gasteiger partial charge in [-0.15, -0.1) is 10.2 Å². The van der Waals surface area contributed by atoms with Gasteiger partial charge in [0.15, 0.2) is 17.3 Å². The Kier molecular flexibility index (Phi) is 4.43. The van der Waals surface area contributed by atoms with E-state index in [1.54, 1.807) is 12.1 Å². The van der Waals surface area contributed by atoms with E-state index in [0.717, 1.165) is 12.8 Å². The van der Waals surface area contributed by atoms with Crippen LogP contribution in [0.4, 0.5) is 11.6 Å². The molecule has 0 aliphatic heterocycles. The van der Waals surface area contributed by atoms with Gasteiger partial charge < -0.3 is 14.8 Å². The summed E-state index contributed by atoms with van der Waals surface area (Å²) in [6.07, 6.45) is 2.24. The quantitative estimate of drug-likeness (QED) is 0.786. The van der Waals surface area contributed by atoms with Gasteiger partial charge in [0.05, 0.1) is 19.1 Å². The van der Waals surface area contributed by atoms with E-state index in [2.05, 4.69) is 20.2 Å². The average Bonchev–Trinajstić information content (AvgIpc) is 3.39. The Labute approximate surface area is 140 Å². The summed E-state index contributed by atoms with van der Waals surface area (Å²) < 4.78 is 37.5. The molecule has 128 valence electrons. The van der Waals surface area contributed by atoms with Gasteiger partial charge in [-0.05, 0) is 37.1 Å². The molecule has 1 aromatic carbocycles. The lowest BCUT2D eigenvalue weighted by atomic mass is 10.3. The summed E-state index contributed by atoms with van der Waals surface area (Å²) in [4.78, 5) is 0.0436. The van der Waals surface area contributed by atoms with Gasteiger partial charge in [-0.3, -0.25) is 4.72 Å². The molecule has 0 amide bonds. The van der Waals surface area contributed by atoms with Crippen LogP contribution in [0.5, 0.6) is 11.5 Å². The fourth-order valence-corrected chi connectivity index (χ4v) is 3.09. The largest absolute Gasteiger partial charge is 0.493 e. The van der Waals surface area contributed by atoms with Gasteiger partial charge in [0.25, 0.3) is 10.0 Å². The molecule has 1 saturated carbocycles. The highest BCUT2D eigenvalue weighted by molar-refractivity contribution is 7.92. The molecule has 1 aromatic heterocycles. The predicted octanol–water partition coefficient (Wildman–Crippen LogP) is 1.87. The third-order valence-electron chi connectivity index (χ3n) is 3.50. The first-order valence-electron chi connectivity index (χ1n) is 7.37. The molecule has 1 aliphatic rings. The third kappa shape index (κ3) is 3.67. The van der Waals surface area contributed by atoms with Crippen LogP contribution in [0.25, 0.3) is 0 Å². The molecule has 0 atom stereocenters. The first-order valence-corrected chi connectivity index (χ1v) is 8.85. The molecule has 0 bridgehead atoms. The van der Waals surface area contributed by atoms with Crippen molar-refractivity contribution in [1.82, 2.24) is 10.2 Å². The summed E-state index contributed by atoms with van der Waals surface area (Å²) in [5.74, 6) is 1.56. The summed E-state index contributed by atoms with van der Waals surface area (Å²) in [6, 6.07) is 8.06. The Morgan fingerprint density at radius 3 is 2.25 bits per heavy atom. The molecule has 3 rings (SSSR count). The van der Waals surface area contributed by atoms with Crippen LogP contribution >= 0.6 is 0 Å². The standard InChI is InChI=1S/C15H18N4O4S/c1-22-12-6-5-11(9-13(12)23-2)24(20,21)19-15-8-7-14(17-18-15)16-10-3-4-10/h5-10H,3-4H2,1-2H3,(H,16,17)(H,18,19). The van der Waals surface area contributed by atoms with E-state index in [1.807, 2.05) is 0 Å². The van der Waals surface area contributed by atoms with Crippen molar-refractivity contribution in [2.24, 2.45) is 0 Å². The molecule has 0 radical (unpaired) electrons. The first kappa shape index (κ1) is 16.3. The van der Waals surface area contributed by atoms with Crippen molar-refractivity contribution < 1.29 is 17.9 Å². The monoisotopic (exact) mass is 350 g/mol. The molecular weight excluding hydrogens is 332 g/mol. The number of nitrogens with zero attached hydrogens (tertiary/aromatic N) is 2. The summed E-state index contributed by atoms with van der Waals surface area (Å²) in [5, 5.41) is 11.0. The zero-order valence-corrected chi connectivity index (χ0v) is 14.1. The Bertz CT molecular complexity index is 820. The molecule has 0 saturated heterocycles. The molecule has 9 heteroatoms. The van der Waals surface area contributed by atoms with Crippen molar-refractivity contribution >= 4 is 21.7 Å². The van der Waals surface area contributed by atoms with E-state index in [1.165, 1.54) is 32.4 Å². The van der Waals surface area contributed by atoms with Gasteiger partial charge in [0.1, 0.15) is 5.82 Å². The van der Waals surface area contributed by atoms with E-state index in [-0.39, 0.29) is 10.7 Å². The Balaban J connectivity index is 1.77. The van der Waals surface area contributed by atoms with Crippen molar-refractivity contribution in [3.63, 3.8) is 0 Å². The highest BCUT2D eigenvalue weighted by Gasteiger charge is 2.22. The zero-order valence-electron chi connectivity index (χ0n) is 13.3. The van der Waals surface area contributed by atoms with Gasteiger partial charge in [0.2, 0.25) is 0 Å². The van der Waals surface area contributed by atoms with Gasteiger partial charge in [-0.1, -0.05) is 0 Å². The van der Waals surface area contributed by atoms with Crippen LogP contribution in [-0.4, -0.2) is 38.9 Å². The Hall–Kier alpha value is -2.55. The van der Waals surface area contributed by atoms with E-state index in [0.29, 0.717) is 23.4 Å². The maximum absolute atomic E-state index is 12.5. The summed E-state index contributed by atoms with van der Waals surface area (Å²) in [6.45, 7) is 0. The van der Waals surface area contributed by atoms with E-state index < -0.39 is 10.0 Å². The van der Waals surface area contributed by atoms with Crippen LogP contribution in [0.15, 0.2) is 35.2 Å². The van der Waals surface area contributed by atoms with E-state index >= 15 is 0 Å². The van der Waals surface area contributed by atoms with Crippen molar-refractivity contribution in [3.05, 3.63) is 30.3 Å². The zero-order chi connectivity index (χ0) is 17.2. The molecule has 1 heterocycles. The second kappa shape index (κ2) is 6.52. The molecule has 0 spiro atoms. The molecule has 0 unspecified atom stereocenters. The number of aromatic nitrogens is 2. The van der Waals surface area contributed by atoms with Crippen molar-refractivity contribution in [3.8, 4) is 11.5 Å². The van der Waals surface area contributed by atoms with Crippen molar-refractivity contribution in [1.29, 1.82) is 0 Å². The van der Waals surface area contributed by atoms with Gasteiger partial charge >= 0.3 is 0 Å². The number of hydrogen-bond donors (Lipinski definition) is 2. The van der Waals surface area contributed by atoms with Crippen LogP contribution in [0.1, 0.15) is 12.8 Å². The van der Waals surface area contributed by atoms with Crippen LogP contribution < -0.4 is 19.5 Å². The Morgan fingerprint density at radius 2 is 1.67 bits per heavy atom. The third-order valence-corrected chi connectivity index (χ3v) is 4.85. The minimum absolute atomic E-state index is 0.0436. The number of benzene rings is 1. The topological polar surface area (TPSA) is 102 Å². The molecule has 8 nitrogen and oxygen atoms in total. The van der Waals surface area contributed by atoms with Crippen LogP contribution in [-0.2, 0) is 10.0 Å². The number of methoxy groups -OCH3 is 2. The predicted molar refractivity (Wildman–Crippen MR) is 89.0 cm³/mol. The van der Waals surface area contributed by atoms with Crippen molar-refractivity contribution in [2.75, 3.05) is 24.3 Å². The lowest BCUT2D eigenvalue weighted by Gasteiger charge is -2.11. The highest BCUT2D eigenvalue weighted by atomic mass is 32.2. The van der Waals surface area contributed by atoms with Crippen LogP contribution in [0.3, 0.4) is 0 Å². The summed E-state index contributed by atoms with van der Waals surface area (Å²) >= 11 is 0. The SMILES string of the molecule is COc1ccc(S(=O)(=O)Nc2ccc(NC3CC3)nn2)cc1OC. The number of sulfonamides is 1. The van der Waals surface area contributed by atoms with E-state index in [4.69, 9.17) is 9.47 Å². The number of nitrogens with one attached hydrogen (secondary N) is 2. The van der Waals surface area contributed by atoms with Crippen molar-refractivity contribution in [2.45, 2.75) is 23.8 Å². The van der Waals surface area contributed by atoms with Gasteiger partial charge in [-0.2, -0.15) is 0 Å². The summed E-state index contributed by atoms with van der Waals surface area (Å²) in [7, 11) is -0.876. The molecular formula is C15H18N4O4S. The molecule has 1 aliphatic carbocycles. The maximum Gasteiger partial charge on any atom is 0.263 e. The molecule has 2 aromatic rings. The smallest absolute Gasteiger partial charge is 0.263 e. The van der Waals surface area contributed by atoms with Gasteiger partial charge in [0, 0.05) is 12.1 Å². The highest BCUT2D eigenvalue weighted by Crippen LogP contribution is 2.30. The Morgan fingerprint density at radius 1 is 1.00 bits per heavy atom. The fourth-order valence-electron chi connectivity index (χ4n) is 2.08. The fraction of sp³-hybridized carbons (Fsp3) is 0.333. The average molecular weight is 350 g/mol. The minimum Gasteiger partial charge on any atom is -0.493 e. The lowest BCUT2D eigenvalue weighted by molar-refractivity contribution is 0.354. The summed E-state index contributed by atoms with van der Waals surface area (Å²) in [5.41, 5.74) is 0. The second-order valence-corrected chi connectivity index (χ2v) is 7.03. The maximum atomic E-state index is 12.5. The normalized spacial score (nSPS) is 14.1. The van der Waals surface area contributed by atoms with E-state index in [9.17, 15) is 8.42 Å². The molecule has 2 N–H and O–H groups in total. The van der Waals surface area contributed by atoms with Gasteiger partial charge in [-0.25, -0.2) is 8.42 Å². The second-order valence-electron chi connectivity index (χ2n) is 5.34. The number of anilines is 2. The van der Waals surface area contributed by atoms with Crippen LogP contribution in [0.2, 0.25) is 0 Å². The number of rotatable bonds is 7. The van der Waals surface area contributed by atoms with Crippen LogP contribution in [0, 0.1) is 0 Å². The molecule has 24 heavy (non-hydrogen) atoms.